The summed E-state index contributed by atoms with van der Waals surface area (Å²) in [5.74, 6) is -0.773. The third-order valence-corrected chi connectivity index (χ3v) is 9.36. The summed E-state index contributed by atoms with van der Waals surface area (Å²) in [4.78, 5) is 29.6. The van der Waals surface area contributed by atoms with Gasteiger partial charge in [0, 0.05) is 19.0 Å². The molecule has 42 heavy (non-hydrogen) atoms. The Balaban J connectivity index is 1.75. The quantitative estimate of drug-likeness (QED) is 0.279. The van der Waals surface area contributed by atoms with Crippen LogP contribution in [-0.2, 0) is 32.6 Å². The Hall–Kier alpha value is -3.07. The number of anilines is 1. The molecule has 1 saturated carbocycles. The Kier molecular flexibility index (Phi) is 10.6. The maximum atomic E-state index is 14.3. The molecule has 1 aliphatic rings. The van der Waals surface area contributed by atoms with Crippen molar-refractivity contribution in [2.24, 2.45) is 0 Å². The molecule has 0 saturated heterocycles. The molecule has 1 aliphatic carbocycles. The van der Waals surface area contributed by atoms with E-state index < -0.39 is 28.5 Å². The molecular formula is C32H37Cl2N3O4S. The summed E-state index contributed by atoms with van der Waals surface area (Å²) in [6.45, 7) is 3.32. The van der Waals surface area contributed by atoms with Crippen molar-refractivity contribution in [1.82, 2.24) is 10.2 Å². The van der Waals surface area contributed by atoms with Gasteiger partial charge in [0.1, 0.15) is 12.6 Å². The largest absolute Gasteiger partial charge is 0.352 e. The van der Waals surface area contributed by atoms with Gasteiger partial charge >= 0.3 is 0 Å². The molecule has 0 heterocycles. The maximum Gasteiger partial charge on any atom is 0.244 e. The van der Waals surface area contributed by atoms with E-state index in [4.69, 9.17) is 23.2 Å². The van der Waals surface area contributed by atoms with E-state index in [-0.39, 0.29) is 24.9 Å². The van der Waals surface area contributed by atoms with Crippen LogP contribution in [0.5, 0.6) is 0 Å². The van der Waals surface area contributed by atoms with Crippen molar-refractivity contribution in [1.29, 1.82) is 0 Å². The first-order valence-electron chi connectivity index (χ1n) is 14.0. The van der Waals surface area contributed by atoms with E-state index in [0.717, 1.165) is 52.9 Å². The molecule has 0 spiro atoms. The molecule has 4 rings (SSSR count). The van der Waals surface area contributed by atoms with Crippen LogP contribution in [0.2, 0.25) is 10.0 Å². The lowest BCUT2D eigenvalue weighted by molar-refractivity contribution is -0.140. The van der Waals surface area contributed by atoms with E-state index in [1.54, 1.807) is 30.3 Å². The highest BCUT2D eigenvalue weighted by molar-refractivity contribution is 7.92. The summed E-state index contributed by atoms with van der Waals surface area (Å²) in [5.41, 5.74) is 3.69. The molecule has 1 fully saturated rings. The van der Waals surface area contributed by atoms with Gasteiger partial charge < -0.3 is 10.2 Å². The number of nitrogens with zero attached hydrogens (tertiary/aromatic N) is 2. The van der Waals surface area contributed by atoms with Crippen molar-refractivity contribution in [3.63, 3.8) is 0 Å². The number of carbonyl (C=O) groups excluding carboxylic acids is 2. The van der Waals surface area contributed by atoms with E-state index in [1.807, 2.05) is 50.2 Å². The standard InChI is InChI=1S/C32H37Cl2N3O4S/c1-22-15-23(2)17-27(16-22)37(42(3,40)41)21-31(38)36(20-25-13-14-28(33)29(34)18-25)30(19-24-9-5-4-6-10-24)32(39)35-26-11-7-8-12-26/h4-6,9-10,13-18,26,30H,7-8,11-12,19-21H2,1-3H3,(H,35,39)/t30-/m1/s1. The van der Waals surface area contributed by atoms with Crippen molar-refractivity contribution < 1.29 is 18.0 Å². The minimum absolute atomic E-state index is 0.0375. The van der Waals surface area contributed by atoms with Crippen molar-refractivity contribution in [2.45, 2.75) is 64.6 Å². The van der Waals surface area contributed by atoms with Gasteiger partial charge in [0.2, 0.25) is 21.8 Å². The predicted molar refractivity (Wildman–Crippen MR) is 169 cm³/mol. The van der Waals surface area contributed by atoms with Gasteiger partial charge in [0.15, 0.2) is 0 Å². The molecule has 0 bridgehead atoms. The monoisotopic (exact) mass is 629 g/mol. The molecule has 3 aromatic rings. The van der Waals surface area contributed by atoms with Crippen LogP contribution in [-0.4, -0.2) is 50.0 Å². The van der Waals surface area contributed by atoms with Gasteiger partial charge in [-0.15, -0.1) is 0 Å². The van der Waals surface area contributed by atoms with Crippen molar-refractivity contribution in [3.8, 4) is 0 Å². The lowest BCUT2D eigenvalue weighted by Gasteiger charge is -2.34. The molecule has 0 aromatic heterocycles. The van der Waals surface area contributed by atoms with Gasteiger partial charge in [-0.1, -0.05) is 78.5 Å². The molecule has 0 aliphatic heterocycles. The maximum absolute atomic E-state index is 14.3. The molecule has 224 valence electrons. The van der Waals surface area contributed by atoms with E-state index in [0.29, 0.717) is 21.3 Å². The van der Waals surface area contributed by atoms with Gasteiger partial charge in [0.25, 0.3) is 0 Å². The Bertz CT molecular complexity index is 1510. The Morgan fingerprint density at radius 2 is 1.55 bits per heavy atom. The fourth-order valence-corrected chi connectivity index (χ4v) is 6.62. The van der Waals surface area contributed by atoms with Crippen LogP contribution in [0.4, 0.5) is 5.69 Å². The molecule has 1 atom stereocenters. The first kappa shape index (κ1) is 31.9. The van der Waals surface area contributed by atoms with E-state index in [2.05, 4.69) is 5.32 Å². The Morgan fingerprint density at radius 1 is 0.905 bits per heavy atom. The predicted octanol–water partition coefficient (Wildman–Crippen LogP) is 6.08. The molecule has 2 amide bonds. The molecule has 3 aromatic carbocycles. The summed E-state index contributed by atoms with van der Waals surface area (Å²) in [7, 11) is -3.84. The topological polar surface area (TPSA) is 86.8 Å². The Morgan fingerprint density at radius 3 is 2.14 bits per heavy atom. The smallest absolute Gasteiger partial charge is 0.244 e. The van der Waals surface area contributed by atoms with Crippen LogP contribution in [0.25, 0.3) is 0 Å². The second-order valence-corrected chi connectivity index (χ2v) is 13.8. The highest BCUT2D eigenvalue weighted by Gasteiger charge is 2.34. The first-order valence-corrected chi connectivity index (χ1v) is 16.6. The number of hydrogen-bond donors (Lipinski definition) is 1. The lowest BCUT2D eigenvalue weighted by atomic mass is 10.0. The fourth-order valence-electron chi connectivity index (χ4n) is 5.46. The molecule has 0 radical (unpaired) electrons. The van der Waals surface area contributed by atoms with Gasteiger partial charge in [-0.3, -0.25) is 13.9 Å². The molecule has 1 N–H and O–H groups in total. The van der Waals surface area contributed by atoms with Crippen LogP contribution >= 0.6 is 23.2 Å². The van der Waals surface area contributed by atoms with Gasteiger partial charge in [-0.05, 0) is 73.2 Å². The van der Waals surface area contributed by atoms with E-state index in [9.17, 15) is 18.0 Å². The summed E-state index contributed by atoms with van der Waals surface area (Å²) in [6, 6.07) is 19.1. The average Bonchev–Trinajstić information content (AvgIpc) is 3.43. The lowest BCUT2D eigenvalue weighted by Crippen LogP contribution is -2.54. The average molecular weight is 631 g/mol. The molecular weight excluding hydrogens is 593 g/mol. The van der Waals surface area contributed by atoms with Crippen LogP contribution < -0.4 is 9.62 Å². The number of nitrogens with one attached hydrogen (secondary N) is 1. The van der Waals surface area contributed by atoms with Crippen LogP contribution in [0.1, 0.15) is 47.9 Å². The second kappa shape index (κ2) is 13.9. The zero-order valence-corrected chi connectivity index (χ0v) is 26.5. The third-order valence-electron chi connectivity index (χ3n) is 7.48. The molecule has 10 heteroatoms. The minimum Gasteiger partial charge on any atom is -0.352 e. The summed E-state index contributed by atoms with van der Waals surface area (Å²) >= 11 is 12.5. The summed E-state index contributed by atoms with van der Waals surface area (Å²) in [6.07, 6.45) is 5.20. The van der Waals surface area contributed by atoms with E-state index >= 15 is 0 Å². The van der Waals surface area contributed by atoms with Crippen LogP contribution in [0.3, 0.4) is 0 Å². The van der Waals surface area contributed by atoms with Crippen molar-refractivity contribution in [3.05, 3.63) is 99.0 Å². The molecule has 0 unspecified atom stereocenters. The van der Waals surface area contributed by atoms with Crippen LogP contribution in [0, 0.1) is 13.8 Å². The SMILES string of the molecule is Cc1cc(C)cc(N(CC(=O)N(Cc2ccc(Cl)c(Cl)c2)[C@H](Cc2ccccc2)C(=O)NC2CCCC2)S(C)(=O)=O)c1. The number of amides is 2. The summed E-state index contributed by atoms with van der Waals surface area (Å²) < 4.78 is 27.1. The van der Waals surface area contributed by atoms with Gasteiger partial charge in [0.05, 0.1) is 22.0 Å². The number of sulfonamides is 1. The highest BCUT2D eigenvalue weighted by Crippen LogP contribution is 2.26. The van der Waals surface area contributed by atoms with Gasteiger partial charge in [-0.25, -0.2) is 8.42 Å². The summed E-state index contributed by atoms with van der Waals surface area (Å²) in [5, 5.41) is 3.85. The number of hydrogen-bond acceptors (Lipinski definition) is 4. The fraction of sp³-hybridized carbons (Fsp3) is 0.375. The van der Waals surface area contributed by atoms with Crippen molar-refractivity contribution in [2.75, 3.05) is 17.1 Å². The Labute approximate surface area is 258 Å². The number of benzene rings is 3. The zero-order valence-electron chi connectivity index (χ0n) is 24.1. The van der Waals surface area contributed by atoms with Crippen LogP contribution in [0.15, 0.2) is 66.7 Å². The minimum atomic E-state index is -3.84. The third kappa shape index (κ3) is 8.49. The van der Waals surface area contributed by atoms with Crippen molar-refractivity contribution >= 4 is 50.7 Å². The normalized spacial score (nSPS) is 14.4. The number of rotatable bonds is 11. The number of aryl methyl sites for hydroxylation is 2. The molecule has 7 nitrogen and oxygen atoms in total. The van der Waals surface area contributed by atoms with Gasteiger partial charge in [-0.2, -0.15) is 0 Å². The van der Waals surface area contributed by atoms with E-state index in [1.165, 1.54) is 4.90 Å². The number of carbonyl (C=O) groups is 2. The second-order valence-electron chi connectivity index (χ2n) is 11.1. The zero-order chi connectivity index (χ0) is 30.4. The first-order chi connectivity index (χ1) is 19.9. The number of halogens is 2. The highest BCUT2D eigenvalue weighted by atomic mass is 35.5.